The summed E-state index contributed by atoms with van der Waals surface area (Å²) in [6.07, 6.45) is 3.69. The van der Waals surface area contributed by atoms with E-state index >= 15 is 0 Å². The van der Waals surface area contributed by atoms with Crippen molar-refractivity contribution in [1.29, 1.82) is 0 Å². The lowest BCUT2D eigenvalue weighted by Gasteiger charge is -2.50. The molecule has 2 N–H and O–H groups in total. The van der Waals surface area contributed by atoms with Crippen LogP contribution in [0.4, 0.5) is 0 Å². The largest absolute Gasteiger partial charge is 0.325 e. The van der Waals surface area contributed by atoms with E-state index in [1.54, 1.807) is 0 Å². The fourth-order valence-corrected chi connectivity index (χ4v) is 2.15. The summed E-state index contributed by atoms with van der Waals surface area (Å²) in [5, 5.41) is 0. The Kier molecular flexibility index (Phi) is 1.35. The Morgan fingerprint density at radius 1 is 1.33 bits per heavy atom. The summed E-state index contributed by atoms with van der Waals surface area (Å²) in [7, 11) is 0. The minimum Gasteiger partial charge on any atom is -0.325 e. The van der Waals surface area contributed by atoms with E-state index < -0.39 is 0 Å². The molecule has 0 aliphatic heterocycles. The van der Waals surface area contributed by atoms with E-state index in [9.17, 15) is 0 Å². The van der Waals surface area contributed by atoms with Crippen LogP contribution in [0.15, 0.2) is 0 Å². The van der Waals surface area contributed by atoms with Crippen LogP contribution in [-0.4, -0.2) is 5.54 Å². The number of rotatable bonds is 1. The van der Waals surface area contributed by atoms with Crippen molar-refractivity contribution in [1.82, 2.24) is 0 Å². The normalized spacial score (nSPS) is 50.7. The Bertz CT molecular complexity index is 108. The maximum Gasteiger partial charge on any atom is 0.0136 e. The first-order valence-corrected chi connectivity index (χ1v) is 3.76. The van der Waals surface area contributed by atoms with Gasteiger partial charge in [-0.3, -0.25) is 0 Å². The third-order valence-electron chi connectivity index (χ3n) is 2.51. The molecular formula is C8H17N. The van der Waals surface area contributed by atoms with Gasteiger partial charge in [0.2, 0.25) is 0 Å². The molecule has 0 saturated heterocycles. The van der Waals surface area contributed by atoms with Crippen molar-refractivity contribution in [2.45, 2.75) is 45.6 Å². The molecule has 0 atom stereocenters. The van der Waals surface area contributed by atoms with Gasteiger partial charge in [-0.25, -0.2) is 0 Å². The van der Waals surface area contributed by atoms with Crippen LogP contribution in [-0.2, 0) is 0 Å². The zero-order chi connectivity index (χ0) is 7.12. The Morgan fingerprint density at radius 3 is 1.89 bits per heavy atom. The van der Waals surface area contributed by atoms with Gasteiger partial charge in [0.15, 0.2) is 0 Å². The summed E-state index contributed by atoms with van der Waals surface area (Å²) < 4.78 is 0. The first-order chi connectivity index (χ1) is 3.97. The molecule has 0 heterocycles. The smallest absolute Gasteiger partial charge is 0.0136 e. The summed E-state index contributed by atoms with van der Waals surface area (Å²) in [5.74, 6) is 0. The Hall–Kier alpha value is -0.0400. The number of nitrogens with two attached hydrogens (primary N) is 1. The highest BCUT2D eigenvalue weighted by Gasteiger charge is 2.44. The van der Waals surface area contributed by atoms with Crippen LogP contribution in [0, 0.1) is 5.41 Å². The predicted molar refractivity (Wildman–Crippen MR) is 40.2 cm³/mol. The zero-order valence-corrected chi connectivity index (χ0v) is 6.70. The molecule has 1 rings (SSSR count). The highest BCUT2D eigenvalue weighted by Crippen LogP contribution is 2.48. The van der Waals surface area contributed by atoms with Crippen LogP contribution >= 0.6 is 0 Å². The van der Waals surface area contributed by atoms with Gasteiger partial charge in [0, 0.05) is 5.54 Å². The van der Waals surface area contributed by atoms with Crippen molar-refractivity contribution < 1.29 is 0 Å². The van der Waals surface area contributed by atoms with E-state index in [-0.39, 0.29) is 5.54 Å². The third kappa shape index (κ3) is 1.26. The van der Waals surface area contributed by atoms with Crippen molar-refractivity contribution in [3.63, 3.8) is 0 Å². The molecule has 0 bridgehead atoms. The second-order valence-corrected chi connectivity index (χ2v) is 4.17. The van der Waals surface area contributed by atoms with E-state index in [4.69, 9.17) is 5.73 Å². The molecule has 1 heteroatoms. The number of hydrogen-bond acceptors (Lipinski definition) is 1. The van der Waals surface area contributed by atoms with Gasteiger partial charge in [-0.15, -0.1) is 0 Å². The van der Waals surface area contributed by atoms with E-state index in [0.29, 0.717) is 5.41 Å². The van der Waals surface area contributed by atoms with E-state index in [0.717, 1.165) is 0 Å². The van der Waals surface area contributed by atoms with Gasteiger partial charge in [-0.2, -0.15) is 0 Å². The van der Waals surface area contributed by atoms with E-state index in [1.165, 1.54) is 19.3 Å². The van der Waals surface area contributed by atoms with Crippen LogP contribution in [0.5, 0.6) is 0 Å². The van der Waals surface area contributed by atoms with Crippen molar-refractivity contribution in [3.8, 4) is 0 Å². The fourth-order valence-electron chi connectivity index (χ4n) is 2.15. The topological polar surface area (TPSA) is 26.0 Å². The highest BCUT2D eigenvalue weighted by atomic mass is 14.8. The lowest BCUT2D eigenvalue weighted by molar-refractivity contribution is 0.0548. The summed E-state index contributed by atoms with van der Waals surface area (Å²) in [6, 6.07) is 0. The second-order valence-electron chi connectivity index (χ2n) is 4.17. The van der Waals surface area contributed by atoms with Crippen LogP contribution < -0.4 is 5.73 Å². The van der Waals surface area contributed by atoms with Crippen molar-refractivity contribution in [3.05, 3.63) is 0 Å². The van der Waals surface area contributed by atoms with Gasteiger partial charge in [-0.05, 0) is 25.2 Å². The number of hydrogen-bond donors (Lipinski definition) is 1. The average molecular weight is 127 g/mol. The molecule has 0 aromatic heterocycles. The van der Waals surface area contributed by atoms with Crippen LogP contribution in [0.3, 0.4) is 0 Å². The van der Waals surface area contributed by atoms with Crippen LogP contribution in [0.2, 0.25) is 0 Å². The molecule has 54 valence electrons. The summed E-state index contributed by atoms with van der Waals surface area (Å²) in [4.78, 5) is 0. The molecule has 0 aromatic carbocycles. The molecule has 0 aromatic rings. The van der Waals surface area contributed by atoms with Gasteiger partial charge in [-0.1, -0.05) is 20.3 Å². The molecule has 0 unspecified atom stereocenters. The summed E-state index contributed by atoms with van der Waals surface area (Å²) >= 11 is 0. The monoisotopic (exact) mass is 127 g/mol. The highest BCUT2D eigenvalue weighted by molar-refractivity contribution is 5.01. The van der Waals surface area contributed by atoms with Gasteiger partial charge in [0.1, 0.15) is 0 Å². The van der Waals surface area contributed by atoms with Crippen LogP contribution in [0.1, 0.15) is 40.0 Å². The second kappa shape index (κ2) is 1.72. The van der Waals surface area contributed by atoms with Gasteiger partial charge < -0.3 is 5.73 Å². The van der Waals surface area contributed by atoms with Gasteiger partial charge in [0.25, 0.3) is 0 Å². The van der Waals surface area contributed by atoms with E-state index in [2.05, 4.69) is 20.8 Å². The molecule has 1 aliphatic rings. The SMILES string of the molecule is CCC1(C)CC(C)(N)C1. The van der Waals surface area contributed by atoms with Crippen molar-refractivity contribution in [2.24, 2.45) is 11.1 Å². The molecule has 1 aliphatic carbocycles. The average Bonchev–Trinajstić information content (AvgIpc) is 1.61. The van der Waals surface area contributed by atoms with Gasteiger partial charge >= 0.3 is 0 Å². The first kappa shape index (κ1) is 7.07. The molecule has 0 radical (unpaired) electrons. The minimum atomic E-state index is 0.157. The lowest BCUT2D eigenvalue weighted by atomic mass is 9.58. The minimum absolute atomic E-state index is 0.157. The van der Waals surface area contributed by atoms with Gasteiger partial charge in [0.05, 0.1) is 0 Å². The van der Waals surface area contributed by atoms with Crippen molar-refractivity contribution >= 4 is 0 Å². The Balaban J connectivity index is 2.41. The Morgan fingerprint density at radius 2 is 1.78 bits per heavy atom. The molecular weight excluding hydrogens is 110 g/mol. The fraction of sp³-hybridized carbons (Fsp3) is 1.00. The molecule has 1 saturated carbocycles. The zero-order valence-electron chi connectivity index (χ0n) is 6.70. The maximum atomic E-state index is 5.87. The standard InChI is InChI=1S/C8H17N/c1-4-7(2)5-8(3,9)6-7/h4-6,9H2,1-3H3. The molecule has 1 nitrogen and oxygen atoms in total. The molecule has 9 heavy (non-hydrogen) atoms. The van der Waals surface area contributed by atoms with Crippen LogP contribution in [0.25, 0.3) is 0 Å². The van der Waals surface area contributed by atoms with E-state index in [1.807, 2.05) is 0 Å². The molecule has 0 amide bonds. The third-order valence-corrected chi connectivity index (χ3v) is 2.51. The summed E-state index contributed by atoms with van der Waals surface area (Å²) in [5.41, 5.74) is 6.60. The Labute approximate surface area is 57.6 Å². The first-order valence-electron chi connectivity index (χ1n) is 3.76. The van der Waals surface area contributed by atoms with Crippen molar-refractivity contribution in [2.75, 3.05) is 0 Å². The summed E-state index contributed by atoms with van der Waals surface area (Å²) in [6.45, 7) is 6.71. The molecule has 0 spiro atoms. The maximum absolute atomic E-state index is 5.87. The predicted octanol–water partition coefficient (Wildman–Crippen LogP) is 1.91. The quantitative estimate of drug-likeness (QED) is 0.572. The molecule has 1 fully saturated rings. The lowest BCUT2D eigenvalue weighted by Crippen LogP contribution is -2.54.